The predicted octanol–water partition coefficient (Wildman–Crippen LogP) is 4.08. The summed E-state index contributed by atoms with van der Waals surface area (Å²) < 4.78 is 27.1. The van der Waals surface area contributed by atoms with Crippen molar-refractivity contribution in [3.63, 3.8) is 0 Å². The third kappa shape index (κ3) is 3.87. The molecule has 0 amide bonds. The van der Waals surface area contributed by atoms with E-state index in [9.17, 15) is 8.42 Å². The summed E-state index contributed by atoms with van der Waals surface area (Å²) in [5, 5.41) is 0.879. The van der Waals surface area contributed by atoms with Crippen molar-refractivity contribution in [2.24, 2.45) is 0 Å². The molecule has 4 nitrogen and oxygen atoms in total. The summed E-state index contributed by atoms with van der Waals surface area (Å²) in [6.45, 7) is 1.70. The lowest BCUT2D eigenvalue weighted by Gasteiger charge is -2.15. The minimum atomic E-state index is -3.78. The fourth-order valence-corrected chi connectivity index (χ4v) is 3.68. The standard InChI is InChI=1S/C13H11Cl3N2O2S/c1-8(9-2-3-10(14)12(16)6-9)18-21(19,20)13-7-17-5-4-11(13)15/h2-8,18H,1H3. The van der Waals surface area contributed by atoms with Crippen LogP contribution in [0.1, 0.15) is 18.5 Å². The fraction of sp³-hybridized carbons (Fsp3) is 0.154. The normalized spacial score (nSPS) is 13.1. The second-order valence-corrected chi connectivity index (χ2v) is 7.23. The fourth-order valence-electron chi connectivity index (χ4n) is 1.71. The SMILES string of the molecule is CC(NS(=O)(=O)c1cnccc1Cl)c1ccc(Cl)c(Cl)c1. The van der Waals surface area contributed by atoms with Gasteiger partial charge in [-0.15, -0.1) is 0 Å². The number of nitrogens with zero attached hydrogens (tertiary/aromatic N) is 1. The van der Waals surface area contributed by atoms with Gasteiger partial charge in [-0.3, -0.25) is 4.98 Å². The van der Waals surface area contributed by atoms with E-state index in [1.807, 2.05) is 0 Å². The Morgan fingerprint density at radius 2 is 1.81 bits per heavy atom. The Labute approximate surface area is 138 Å². The quantitative estimate of drug-likeness (QED) is 0.888. The first-order valence-electron chi connectivity index (χ1n) is 5.88. The van der Waals surface area contributed by atoms with E-state index < -0.39 is 16.1 Å². The maximum Gasteiger partial charge on any atom is 0.244 e. The number of pyridine rings is 1. The molecule has 0 radical (unpaired) electrons. The number of sulfonamides is 1. The largest absolute Gasteiger partial charge is 0.263 e. The zero-order chi connectivity index (χ0) is 15.6. The van der Waals surface area contributed by atoms with Crippen molar-refractivity contribution < 1.29 is 8.42 Å². The van der Waals surface area contributed by atoms with Crippen molar-refractivity contribution in [1.82, 2.24) is 9.71 Å². The van der Waals surface area contributed by atoms with Crippen molar-refractivity contribution in [3.8, 4) is 0 Å². The van der Waals surface area contributed by atoms with Crippen LogP contribution in [-0.2, 0) is 10.0 Å². The number of aromatic nitrogens is 1. The van der Waals surface area contributed by atoms with Gasteiger partial charge >= 0.3 is 0 Å². The highest BCUT2D eigenvalue weighted by Gasteiger charge is 2.21. The molecule has 0 aliphatic carbocycles. The molecule has 1 atom stereocenters. The Morgan fingerprint density at radius 3 is 2.43 bits per heavy atom. The number of halogens is 3. The Hall–Kier alpha value is -0.850. The molecule has 0 saturated heterocycles. The van der Waals surface area contributed by atoms with Gasteiger partial charge in [-0.05, 0) is 30.7 Å². The van der Waals surface area contributed by atoms with E-state index >= 15 is 0 Å². The number of rotatable bonds is 4. The van der Waals surface area contributed by atoms with Crippen LogP contribution < -0.4 is 4.72 Å². The zero-order valence-corrected chi connectivity index (χ0v) is 13.9. The molecule has 1 aromatic heterocycles. The molecule has 1 heterocycles. The second-order valence-electron chi connectivity index (χ2n) is 4.32. The third-order valence-electron chi connectivity index (χ3n) is 2.80. The van der Waals surface area contributed by atoms with E-state index in [1.54, 1.807) is 25.1 Å². The smallest absolute Gasteiger partial charge is 0.244 e. The number of hydrogen-bond donors (Lipinski definition) is 1. The molecule has 1 aromatic carbocycles. The van der Waals surface area contributed by atoms with Crippen molar-refractivity contribution >= 4 is 44.8 Å². The lowest BCUT2D eigenvalue weighted by Crippen LogP contribution is -2.27. The van der Waals surface area contributed by atoms with Gasteiger partial charge in [0.1, 0.15) is 4.90 Å². The monoisotopic (exact) mass is 364 g/mol. The van der Waals surface area contributed by atoms with Gasteiger partial charge in [0.05, 0.1) is 15.1 Å². The van der Waals surface area contributed by atoms with Gasteiger partial charge in [0.2, 0.25) is 10.0 Å². The van der Waals surface area contributed by atoms with E-state index in [-0.39, 0.29) is 9.92 Å². The van der Waals surface area contributed by atoms with Gasteiger partial charge in [0.15, 0.2) is 0 Å². The van der Waals surface area contributed by atoms with E-state index in [2.05, 4.69) is 9.71 Å². The number of nitrogens with one attached hydrogen (secondary N) is 1. The summed E-state index contributed by atoms with van der Waals surface area (Å²) >= 11 is 17.7. The third-order valence-corrected chi connectivity index (χ3v) is 5.55. The first-order valence-corrected chi connectivity index (χ1v) is 8.50. The molecule has 1 unspecified atom stereocenters. The zero-order valence-electron chi connectivity index (χ0n) is 10.8. The summed E-state index contributed by atoms with van der Waals surface area (Å²) in [5.74, 6) is 0. The van der Waals surface area contributed by atoms with Gasteiger partial charge in [0.25, 0.3) is 0 Å². The van der Waals surface area contributed by atoms with Crippen LogP contribution >= 0.6 is 34.8 Å². The lowest BCUT2D eigenvalue weighted by atomic mass is 10.1. The molecule has 0 aliphatic heterocycles. The molecule has 2 rings (SSSR count). The van der Waals surface area contributed by atoms with E-state index in [4.69, 9.17) is 34.8 Å². The molecule has 0 aliphatic rings. The number of hydrogen-bond acceptors (Lipinski definition) is 3. The molecule has 2 aromatic rings. The van der Waals surface area contributed by atoms with E-state index in [1.165, 1.54) is 18.5 Å². The van der Waals surface area contributed by atoms with Gasteiger partial charge in [-0.2, -0.15) is 0 Å². The molecular formula is C13H11Cl3N2O2S. The van der Waals surface area contributed by atoms with Crippen LogP contribution in [0.5, 0.6) is 0 Å². The lowest BCUT2D eigenvalue weighted by molar-refractivity contribution is 0.566. The van der Waals surface area contributed by atoms with Gasteiger partial charge in [0, 0.05) is 18.4 Å². The summed E-state index contributed by atoms with van der Waals surface area (Å²) in [4.78, 5) is 3.70. The van der Waals surface area contributed by atoms with E-state index in [0.717, 1.165) is 0 Å². The average molecular weight is 366 g/mol. The van der Waals surface area contributed by atoms with Crippen LogP contribution in [0.4, 0.5) is 0 Å². The molecule has 1 N–H and O–H groups in total. The molecule has 112 valence electrons. The van der Waals surface area contributed by atoms with Crippen LogP contribution in [0.15, 0.2) is 41.6 Å². The Bertz CT molecular complexity index is 766. The van der Waals surface area contributed by atoms with Crippen LogP contribution in [0.3, 0.4) is 0 Å². The van der Waals surface area contributed by atoms with Gasteiger partial charge < -0.3 is 0 Å². The Kier molecular flexibility index (Phi) is 5.11. The first kappa shape index (κ1) is 16.5. The first-order chi connectivity index (χ1) is 9.81. The summed E-state index contributed by atoms with van der Waals surface area (Å²) in [6, 6.07) is 5.84. The molecule has 0 spiro atoms. The maximum absolute atomic E-state index is 12.3. The Balaban J connectivity index is 2.28. The van der Waals surface area contributed by atoms with Crippen molar-refractivity contribution in [1.29, 1.82) is 0 Å². The summed E-state index contributed by atoms with van der Waals surface area (Å²) in [5.41, 5.74) is 0.688. The molecule has 21 heavy (non-hydrogen) atoms. The second kappa shape index (κ2) is 6.50. The average Bonchev–Trinajstić information content (AvgIpc) is 2.41. The van der Waals surface area contributed by atoms with Crippen LogP contribution in [-0.4, -0.2) is 13.4 Å². The van der Waals surface area contributed by atoms with Crippen molar-refractivity contribution in [3.05, 3.63) is 57.3 Å². The van der Waals surface area contributed by atoms with Crippen LogP contribution in [0.25, 0.3) is 0 Å². The molecule has 8 heteroatoms. The predicted molar refractivity (Wildman–Crippen MR) is 84.4 cm³/mol. The van der Waals surface area contributed by atoms with Crippen LogP contribution in [0.2, 0.25) is 15.1 Å². The summed E-state index contributed by atoms with van der Waals surface area (Å²) in [6.07, 6.45) is 2.62. The van der Waals surface area contributed by atoms with Crippen LogP contribution in [0, 0.1) is 0 Å². The Morgan fingerprint density at radius 1 is 1.10 bits per heavy atom. The minimum Gasteiger partial charge on any atom is -0.263 e. The number of benzene rings is 1. The van der Waals surface area contributed by atoms with Crippen molar-refractivity contribution in [2.75, 3.05) is 0 Å². The summed E-state index contributed by atoms with van der Waals surface area (Å²) in [7, 11) is -3.78. The molecule has 0 fully saturated rings. The highest BCUT2D eigenvalue weighted by molar-refractivity contribution is 7.89. The molecule has 0 saturated carbocycles. The highest BCUT2D eigenvalue weighted by atomic mass is 35.5. The maximum atomic E-state index is 12.3. The van der Waals surface area contributed by atoms with Gasteiger partial charge in [-0.1, -0.05) is 40.9 Å². The molecule has 0 bridgehead atoms. The van der Waals surface area contributed by atoms with E-state index in [0.29, 0.717) is 15.6 Å². The van der Waals surface area contributed by atoms with Crippen molar-refractivity contribution in [2.45, 2.75) is 17.9 Å². The molecular weight excluding hydrogens is 355 g/mol. The van der Waals surface area contributed by atoms with Gasteiger partial charge in [-0.25, -0.2) is 13.1 Å². The highest BCUT2D eigenvalue weighted by Crippen LogP contribution is 2.27. The topological polar surface area (TPSA) is 59.1 Å². The minimum absolute atomic E-state index is 0.0708.